The zero-order valence-corrected chi connectivity index (χ0v) is 10.7. The van der Waals surface area contributed by atoms with Crippen molar-refractivity contribution in [1.29, 1.82) is 0 Å². The molecule has 1 saturated heterocycles. The summed E-state index contributed by atoms with van der Waals surface area (Å²) >= 11 is 0. The molecule has 1 aliphatic heterocycles. The van der Waals surface area contributed by atoms with Crippen LogP contribution in [0.2, 0.25) is 0 Å². The van der Waals surface area contributed by atoms with Gasteiger partial charge in [-0.2, -0.15) is 0 Å². The van der Waals surface area contributed by atoms with Crippen LogP contribution in [0, 0.1) is 0 Å². The summed E-state index contributed by atoms with van der Waals surface area (Å²) < 4.78 is 0. The van der Waals surface area contributed by atoms with E-state index in [0.29, 0.717) is 12.8 Å². The van der Waals surface area contributed by atoms with E-state index < -0.39 is 5.54 Å². The molecule has 0 aromatic heterocycles. The molecule has 0 saturated carbocycles. The van der Waals surface area contributed by atoms with Gasteiger partial charge in [0.25, 0.3) is 5.91 Å². The maximum atomic E-state index is 11.8. The molecule has 1 atom stereocenters. The van der Waals surface area contributed by atoms with Crippen LogP contribution in [-0.2, 0) is 17.6 Å². The highest BCUT2D eigenvalue weighted by Gasteiger charge is 2.47. The van der Waals surface area contributed by atoms with E-state index in [0.717, 1.165) is 12.0 Å². The predicted octanol–water partition coefficient (Wildman–Crippen LogP) is 2.03. The first-order chi connectivity index (χ1) is 8.70. The standard InChI is InChI=1S/C12H12N2O2.C2H6.H2/c15-10-12(14-11(16)13-10)6-5-8-3-1-2-4-9(8)7-12;1-2;/h1-4H,5-7H2,(H2,13,14,15,16);1-2H3;1H. The Morgan fingerprint density at radius 1 is 1.17 bits per heavy atom. The van der Waals surface area contributed by atoms with Crippen LogP contribution in [0.25, 0.3) is 0 Å². The second kappa shape index (κ2) is 4.80. The number of urea groups is 1. The van der Waals surface area contributed by atoms with E-state index >= 15 is 0 Å². The van der Waals surface area contributed by atoms with Gasteiger partial charge in [0.2, 0.25) is 0 Å². The fourth-order valence-electron chi connectivity index (χ4n) is 2.56. The minimum atomic E-state index is -0.703. The quantitative estimate of drug-likeness (QED) is 0.690. The normalized spacial score (nSPS) is 24.8. The average molecular weight is 248 g/mol. The first kappa shape index (κ1) is 12.6. The Morgan fingerprint density at radius 2 is 1.83 bits per heavy atom. The van der Waals surface area contributed by atoms with Crippen LogP contribution in [-0.4, -0.2) is 17.5 Å². The number of fused-ring (bicyclic) bond motifs is 1. The second-order valence-electron chi connectivity index (χ2n) is 4.44. The van der Waals surface area contributed by atoms with Crippen molar-refractivity contribution >= 4 is 11.9 Å². The number of hydrogen-bond donors (Lipinski definition) is 2. The van der Waals surface area contributed by atoms with E-state index in [2.05, 4.69) is 16.7 Å². The Labute approximate surface area is 108 Å². The molecule has 98 valence electrons. The number of carbonyl (C=O) groups is 2. The maximum absolute atomic E-state index is 11.8. The van der Waals surface area contributed by atoms with Gasteiger partial charge in [0.15, 0.2) is 0 Å². The molecule has 3 rings (SSSR count). The van der Waals surface area contributed by atoms with Gasteiger partial charge in [-0.15, -0.1) is 0 Å². The lowest BCUT2D eigenvalue weighted by atomic mass is 9.78. The summed E-state index contributed by atoms with van der Waals surface area (Å²) in [7, 11) is 0. The molecule has 1 aliphatic carbocycles. The Balaban J connectivity index is 0.000000576. The molecular formula is C14H20N2O2. The molecule has 18 heavy (non-hydrogen) atoms. The van der Waals surface area contributed by atoms with Gasteiger partial charge < -0.3 is 5.32 Å². The highest BCUT2D eigenvalue weighted by Crippen LogP contribution is 2.30. The Morgan fingerprint density at radius 3 is 2.44 bits per heavy atom. The maximum Gasteiger partial charge on any atom is 0.322 e. The van der Waals surface area contributed by atoms with Gasteiger partial charge in [-0.05, 0) is 24.0 Å². The van der Waals surface area contributed by atoms with Crippen LogP contribution in [0.1, 0.15) is 32.8 Å². The molecule has 1 unspecified atom stereocenters. The van der Waals surface area contributed by atoms with Gasteiger partial charge in [0.1, 0.15) is 5.54 Å². The molecule has 4 nitrogen and oxygen atoms in total. The lowest BCUT2D eigenvalue weighted by Crippen LogP contribution is -2.51. The highest BCUT2D eigenvalue weighted by atomic mass is 16.2. The van der Waals surface area contributed by atoms with Gasteiger partial charge in [0, 0.05) is 7.85 Å². The van der Waals surface area contributed by atoms with Gasteiger partial charge in [-0.3, -0.25) is 10.1 Å². The summed E-state index contributed by atoms with van der Waals surface area (Å²) in [6.07, 6.45) is 2.12. The monoisotopic (exact) mass is 248 g/mol. The van der Waals surface area contributed by atoms with Crippen LogP contribution >= 0.6 is 0 Å². The summed E-state index contributed by atoms with van der Waals surface area (Å²) in [5.74, 6) is -0.188. The number of rotatable bonds is 0. The highest BCUT2D eigenvalue weighted by molar-refractivity contribution is 6.07. The zero-order chi connectivity index (χ0) is 13.2. The molecule has 1 spiro atoms. The summed E-state index contributed by atoms with van der Waals surface area (Å²) in [4.78, 5) is 23.0. The van der Waals surface area contributed by atoms with Gasteiger partial charge in [-0.1, -0.05) is 38.1 Å². The number of imide groups is 1. The van der Waals surface area contributed by atoms with Crippen molar-refractivity contribution in [2.24, 2.45) is 0 Å². The van der Waals surface area contributed by atoms with Crippen molar-refractivity contribution in [3.63, 3.8) is 0 Å². The summed E-state index contributed by atoms with van der Waals surface area (Å²) in [5.41, 5.74) is 1.74. The molecule has 1 aromatic carbocycles. The van der Waals surface area contributed by atoms with Crippen LogP contribution in [0.3, 0.4) is 0 Å². The third kappa shape index (κ3) is 1.98. The Hall–Kier alpha value is -1.84. The van der Waals surface area contributed by atoms with Gasteiger partial charge >= 0.3 is 6.03 Å². The van der Waals surface area contributed by atoms with E-state index in [1.807, 2.05) is 32.0 Å². The first-order valence-electron chi connectivity index (χ1n) is 6.40. The second-order valence-corrected chi connectivity index (χ2v) is 4.44. The number of hydrogen-bond acceptors (Lipinski definition) is 2. The molecule has 4 heteroatoms. The molecule has 3 amide bonds. The van der Waals surface area contributed by atoms with Crippen LogP contribution in [0.5, 0.6) is 0 Å². The fourth-order valence-corrected chi connectivity index (χ4v) is 2.56. The number of nitrogens with one attached hydrogen (secondary N) is 2. The Kier molecular flexibility index (Phi) is 3.36. The third-order valence-corrected chi connectivity index (χ3v) is 3.45. The van der Waals surface area contributed by atoms with Gasteiger partial charge in [-0.25, -0.2) is 4.79 Å². The molecule has 1 fully saturated rings. The first-order valence-corrected chi connectivity index (χ1v) is 6.40. The minimum Gasteiger partial charge on any atom is -0.323 e. The third-order valence-electron chi connectivity index (χ3n) is 3.45. The summed E-state index contributed by atoms with van der Waals surface area (Å²) in [6, 6.07) is 7.70. The largest absolute Gasteiger partial charge is 0.323 e. The van der Waals surface area contributed by atoms with Crippen LogP contribution < -0.4 is 10.6 Å². The van der Waals surface area contributed by atoms with Crippen molar-refractivity contribution in [2.75, 3.05) is 0 Å². The molecular weight excluding hydrogens is 228 g/mol. The van der Waals surface area contributed by atoms with E-state index in [1.165, 1.54) is 5.56 Å². The lowest BCUT2D eigenvalue weighted by Gasteiger charge is -2.31. The summed E-state index contributed by atoms with van der Waals surface area (Å²) in [6.45, 7) is 4.00. The van der Waals surface area contributed by atoms with Crippen molar-refractivity contribution in [2.45, 2.75) is 38.6 Å². The minimum absolute atomic E-state index is 0. The smallest absolute Gasteiger partial charge is 0.322 e. The lowest BCUT2D eigenvalue weighted by molar-refractivity contribution is -0.124. The molecule has 1 aromatic rings. The fraction of sp³-hybridized carbons (Fsp3) is 0.429. The molecule has 0 radical (unpaired) electrons. The molecule has 1 heterocycles. The topological polar surface area (TPSA) is 58.2 Å². The van der Waals surface area contributed by atoms with E-state index in [1.54, 1.807) is 0 Å². The molecule has 2 aliphatic rings. The van der Waals surface area contributed by atoms with E-state index in [4.69, 9.17) is 0 Å². The van der Waals surface area contributed by atoms with Crippen LogP contribution in [0.15, 0.2) is 24.3 Å². The van der Waals surface area contributed by atoms with Crippen molar-refractivity contribution in [1.82, 2.24) is 10.6 Å². The summed E-state index contributed by atoms with van der Waals surface area (Å²) in [5, 5.41) is 5.08. The number of amides is 3. The van der Waals surface area contributed by atoms with Crippen LogP contribution in [0.4, 0.5) is 4.79 Å². The Bertz CT molecular complexity index is 490. The average Bonchev–Trinajstić information content (AvgIpc) is 2.66. The SMILES string of the molecule is CC.O=C1NC(=O)C2(CCc3ccccc3C2)N1.[HH]. The van der Waals surface area contributed by atoms with Crippen molar-refractivity contribution < 1.29 is 11.0 Å². The number of carbonyl (C=O) groups excluding carboxylic acids is 2. The number of aryl methyl sites for hydroxylation is 1. The van der Waals surface area contributed by atoms with Crippen molar-refractivity contribution in [3.8, 4) is 0 Å². The predicted molar refractivity (Wildman–Crippen MR) is 71.3 cm³/mol. The van der Waals surface area contributed by atoms with Gasteiger partial charge in [0.05, 0.1) is 0 Å². The zero-order valence-electron chi connectivity index (χ0n) is 10.7. The van der Waals surface area contributed by atoms with E-state index in [9.17, 15) is 9.59 Å². The molecule has 0 bridgehead atoms. The number of benzene rings is 1. The van der Waals surface area contributed by atoms with Crippen molar-refractivity contribution in [3.05, 3.63) is 35.4 Å². The van der Waals surface area contributed by atoms with E-state index in [-0.39, 0.29) is 13.4 Å². The molecule has 2 N–H and O–H groups in total.